The van der Waals surface area contributed by atoms with Gasteiger partial charge < -0.3 is 15.2 Å². The number of carbonyl (C=O) groups excluding carboxylic acids is 1. The molecule has 1 aromatic rings. The van der Waals surface area contributed by atoms with Crippen molar-refractivity contribution in [1.82, 2.24) is 5.32 Å². The van der Waals surface area contributed by atoms with Crippen LogP contribution in [0.2, 0.25) is 5.02 Å². The van der Waals surface area contributed by atoms with Crippen LogP contribution in [-0.4, -0.2) is 29.1 Å². The van der Waals surface area contributed by atoms with Crippen LogP contribution in [0.25, 0.3) is 0 Å². The number of amides is 1. The Hall–Kier alpha value is -1.27. The molecule has 7 heteroatoms. The van der Waals surface area contributed by atoms with Crippen LogP contribution in [0.1, 0.15) is 26.7 Å². The number of benzene rings is 1. The lowest BCUT2D eigenvalue weighted by Crippen LogP contribution is -2.54. The van der Waals surface area contributed by atoms with Gasteiger partial charge in [-0.25, -0.2) is 4.79 Å². The molecule has 0 spiro atoms. The van der Waals surface area contributed by atoms with Crippen LogP contribution in [0, 0.1) is 0 Å². The fourth-order valence-electron chi connectivity index (χ4n) is 1.82. The van der Waals surface area contributed by atoms with Crippen LogP contribution in [0.5, 0.6) is 5.75 Å². The average molecular weight is 379 g/mol. The third-order valence-corrected chi connectivity index (χ3v) is 4.10. The van der Waals surface area contributed by atoms with Crippen LogP contribution >= 0.6 is 27.5 Å². The Morgan fingerprint density at radius 2 is 2.00 bits per heavy atom. The molecule has 0 bridgehead atoms. The van der Waals surface area contributed by atoms with E-state index in [1.54, 1.807) is 32.0 Å². The zero-order valence-corrected chi connectivity index (χ0v) is 14.1. The van der Waals surface area contributed by atoms with E-state index < -0.39 is 17.4 Å². The highest BCUT2D eigenvalue weighted by molar-refractivity contribution is 9.10. The maximum absolute atomic E-state index is 11.9. The van der Waals surface area contributed by atoms with Gasteiger partial charge in [0.05, 0.1) is 4.47 Å². The molecule has 0 aliphatic heterocycles. The molecule has 0 radical (unpaired) electrons. The number of rotatable bonds is 7. The summed E-state index contributed by atoms with van der Waals surface area (Å²) in [7, 11) is 0. The summed E-state index contributed by atoms with van der Waals surface area (Å²) in [5.41, 5.74) is -1.25. The molecular weight excluding hydrogens is 362 g/mol. The Bertz CT molecular complexity index is 532. The van der Waals surface area contributed by atoms with Gasteiger partial charge in [0.25, 0.3) is 5.91 Å². The first-order valence-electron chi connectivity index (χ1n) is 6.47. The topological polar surface area (TPSA) is 75.6 Å². The lowest BCUT2D eigenvalue weighted by molar-refractivity contribution is -0.148. The van der Waals surface area contributed by atoms with E-state index in [9.17, 15) is 14.7 Å². The number of halogens is 2. The van der Waals surface area contributed by atoms with Gasteiger partial charge in [0.15, 0.2) is 6.61 Å². The number of carboxylic acid groups (broad SMARTS) is 1. The molecule has 2 N–H and O–H groups in total. The van der Waals surface area contributed by atoms with Crippen molar-refractivity contribution in [2.24, 2.45) is 0 Å². The third kappa shape index (κ3) is 4.61. The molecule has 0 aliphatic rings. The molecule has 116 valence electrons. The molecule has 0 fully saturated rings. The molecule has 1 aromatic carbocycles. The molecular formula is C14H17BrClNO4. The Labute approximate surface area is 136 Å². The van der Waals surface area contributed by atoms with Crippen molar-refractivity contribution in [2.45, 2.75) is 32.2 Å². The van der Waals surface area contributed by atoms with Gasteiger partial charge in [-0.1, -0.05) is 25.4 Å². The van der Waals surface area contributed by atoms with Crippen LogP contribution < -0.4 is 10.1 Å². The minimum Gasteiger partial charge on any atom is -0.483 e. The summed E-state index contributed by atoms with van der Waals surface area (Å²) in [6.07, 6.45) is 0.602. The summed E-state index contributed by atoms with van der Waals surface area (Å²) in [5.74, 6) is -1.07. The van der Waals surface area contributed by atoms with Crippen molar-refractivity contribution in [3.05, 3.63) is 27.7 Å². The number of carboxylic acids is 1. The van der Waals surface area contributed by atoms with E-state index in [0.717, 1.165) is 0 Å². The summed E-state index contributed by atoms with van der Waals surface area (Å²) in [6.45, 7) is 3.17. The van der Waals surface area contributed by atoms with Crippen LogP contribution in [-0.2, 0) is 9.59 Å². The van der Waals surface area contributed by atoms with Gasteiger partial charge in [-0.15, -0.1) is 0 Å². The standard InChI is InChI=1S/C14H17BrClNO4/c1-3-14(4-2,13(19)20)17-12(18)8-21-11-6-5-9(16)7-10(11)15/h5-7H,3-4,8H2,1-2H3,(H,17,18)(H,19,20). The Kier molecular flexibility index (Phi) is 6.48. The largest absolute Gasteiger partial charge is 0.483 e. The highest BCUT2D eigenvalue weighted by atomic mass is 79.9. The minimum atomic E-state index is -1.25. The molecule has 21 heavy (non-hydrogen) atoms. The smallest absolute Gasteiger partial charge is 0.329 e. The molecule has 0 unspecified atom stereocenters. The number of nitrogens with one attached hydrogen (secondary N) is 1. The first kappa shape index (κ1) is 17.8. The minimum absolute atomic E-state index is 0.269. The summed E-state index contributed by atoms with van der Waals surface area (Å²) < 4.78 is 5.98. The third-order valence-electron chi connectivity index (χ3n) is 3.25. The zero-order chi connectivity index (χ0) is 16.0. The Morgan fingerprint density at radius 1 is 1.38 bits per heavy atom. The lowest BCUT2D eigenvalue weighted by Gasteiger charge is -2.28. The van der Waals surface area contributed by atoms with Gasteiger partial charge >= 0.3 is 5.97 Å². The molecule has 1 rings (SSSR count). The van der Waals surface area contributed by atoms with Gasteiger partial charge in [0.2, 0.25) is 0 Å². The monoisotopic (exact) mass is 377 g/mol. The fraction of sp³-hybridized carbons (Fsp3) is 0.429. The molecule has 0 atom stereocenters. The zero-order valence-electron chi connectivity index (χ0n) is 11.8. The number of hydrogen-bond donors (Lipinski definition) is 2. The van der Waals surface area contributed by atoms with E-state index in [2.05, 4.69) is 21.2 Å². The number of hydrogen-bond acceptors (Lipinski definition) is 3. The van der Waals surface area contributed by atoms with Crippen molar-refractivity contribution in [2.75, 3.05) is 6.61 Å². The Morgan fingerprint density at radius 3 is 2.48 bits per heavy atom. The number of aliphatic carboxylic acids is 1. The molecule has 0 heterocycles. The van der Waals surface area contributed by atoms with Crippen molar-refractivity contribution < 1.29 is 19.4 Å². The van der Waals surface area contributed by atoms with Crippen molar-refractivity contribution in [3.63, 3.8) is 0 Å². The van der Waals surface area contributed by atoms with Gasteiger partial charge in [-0.3, -0.25) is 4.79 Å². The molecule has 1 amide bonds. The van der Waals surface area contributed by atoms with E-state index in [1.807, 2.05) is 0 Å². The van der Waals surface area contributed by atoms with E-state index in [1.165, 1.54) is 0 Å². The Balaban J connectivity index is 2.67. The highest BCUT2D eigenvalue weighted by Crippen LogP contribution is 2.27. The van der Waals surface area contributed by atoms with E-state index in [-0.39, 0.29) is 6.61 Å². The van der Waals surface area contributed by atoms with E-state index in [0.29, 0.717) is 28.1 Å². The maximum Gasteiger partial charge on any atom is 0.329 e. The maximum atomic E-state index is 11.9. The van der Waals surface area contributed by atoms with Gasteiger partial charge in [-0.05, 0) is 47.0 Å². The average Bonchev–Trinajstić information content (AvgIpc) is 2.43. The summed E-state index contributed by atoms with van der Waals surface area (Å²) >= 11 is 9.08. The highest BCUT2D eigenvalue weighted by Gasteiger charge is 2.36. The first-order chi connectivity index (χ1) is 9.84. The van der Waals surface area contributed by atoms with Crippen LogP contribution in [0.15, 0.2) is 22.7 Å². The van der Waals surface area contributed by atoms with E-state index >= 15 is 0 Å². The number of carbonyl (C=O) groups is 2. The second-order valence-electron chi connectivity index (χ2n) is 4.51. The molecule has 5 nitrogen and oxygen atoms in total. The van der Waals surface area contributed by atoms with Crippen molar-refractivity contribution in [3.8, 4) is 5.75 Å². The van der Waals surface area contributed by atoms with E-state index in [4.69, 9.17) is 16.3 Å². The van der Waals surface area contributed by atoms with Crippen LogP contribution in [0.3, 0.4) is 0 Å². The normalized spacial score (nSPS) is 11.0. The lowest BCUT2D eigenvalue weighted by atomic mass is 9.93. The van der Waals surface area contributed by atoms with Crippen molar-refractivity contribution >= 4 is 39.4 Å². The van der Waals surface area contributed by atoms with Gasteiger partial charge in [-0.2, -0.15) is 0 Å². The fourth-order valence-corrected chi connectivity index (χ4v) is 2.62. The molecule has 0 saturated carbocycles. The van der Waals surface area contributed by atoms with Crippen LogP contribution in [0.4, 0.5) is 0 Å². The second kappa shape index (κ2) is 7.66. The molecule has 0 aliphatic carbocycles. The van der Waals surface area contributed by atoms with Gasteiger partial charge in [0.1, 0.15) is 11.3 Å². The molecule has 0 saturated heterocycles. The van der Waals surface area contributed by atoms with Crippen molar-refractivity contribution in [1.29, 1.82) is 0 Å². The predicted octanol–water partition coefficient (Wildman–Crippen LogP) is 3.24. The summed E-state index contributed by atoms with van der Waals surface area (Å²) in [6, 6.07) is 4.91. The SMILES string of the molecule is CCC(CC)(NC(=O)COc1ccc(Cl)cc1Br)C(=O)O. The predicted molar refractivity (Wildman–Crippen MR) is 83.7 cm³/mol. The second-order valence-corrected chi connectivity index (χ2v) is 5.80. The summed E-state index contributed by atoms with van der Waals surface area (Å²) in [5, 5.41) is 12.3. The number of ether oxygens (including phenoxy) is 1. The molecule has 0 aromatic heterocycles. The quantitative estimate of drug-likeness (QED) is 0.764. The summed E-state index contributed by atoms with van der Waals surface area (Å²) in [4.78, 5) is 23.2. The van der Waals surface area contributed by atoms with Gasteiger partial charge in [0, 0.05) is 5.02 Å². The first-order valence-corrected chi connectivity index (χ1v) is 7.64.